The molecule has 2 unspecified atom stereocenters. The summed E-state index contributed by atoms with van der Waals surface area (Å²) in [5.41, 5.74) is -1.06. The summed E-state index contributed by atoms with van der Waals surface area (Å²) in [5, 5.41) is 22.9. The van der Waals surface area contributed by atoms with E-state index in [0.29, 0.717) is 5.92 Å². The average Bonchev–Trinajstić information content (AvgIpc) is 2.37. The van der Waals surface area contributed by atoms with Crippen molar-refractivity contribution in [3.05, 3.63) is 33.6 Å². The Balaban J connectivity index is 2.31. The van der Waals surface area contributed by atoms with E-state index in [2.05, 4.69) is 12.2 Å². The summed E-state index contributed by atoms with van der Waals surface area (Å²) in [6.45, 7) is 2.11. The number of carboxylic acids is 1. The van der Waals surface area contributed by atoms with Crippen LogP contribution in [0.1, 0.15) is 43.0 Å². The SMILES string of the molecule is CC1CCCC(Nc2cc(F)c(C(=O)O)cc2[N+](=O)[O-])C1. The van der Waals surface area contributed by atoms with Gasteiger partial charge in [0.25, 0.3) is 5.69 Å². The first-order valence-electron chi connectivity index (χ1n) is 6.86. The number of carboxylic acid groups (broad SMARTS) is 1. The molecule has 0 radical (unpaired) electrons. The maximum absolute atomic E-state index is 13.7. The normalized spacial score (nSPS) is 21.8. The van der Waals surface area contributed by atoms with Gasteiger partial charge >= 0.3 is 5.97 Å². The highest BCUT2D eigenvalue weighted by molar-refractivity contribution is 5.90. The molecule has 0 aliphatic heterocycles. The van der Waals surface area contributed by atoms with Crippen molar-refractivity contribution in [3.63, 3.8) is 0 Å². The molecule has 21 heavy (non-hydrogen) atoms. The van der Waals surface area contributed by atoms with Crippen LogP contribution in [0.25, 0.3) is 0 Å². The summed E-state index contributed by atoms with van der Waals surface area (Å²) >= 11 is 0. The van der Waals surface area contributed by atoms with Gasteiger partial charge in [-0.2, -0.15) is 0 Å². The van der Waals surface area contributed by atoms with E-state index in [9.17, 15) is 19.3 Å². The second kappa shape index (κ2) is 6.07. The Hall–Kier alpha value is -2.18. The molecule has 0 spiro atoms. The van der Waals surface area contributed by atoms with Gasteiger partial charge in [0.1, 0.15) is 17.1 Å². The van der Waals surface area contributed by atoms with Gasteiger partial charge in [0.2, 0.25) is 0 Å². The number of hydrogen-bond acceptors (Lipinski definition) is 4. The summed E-state index contributed by atoms with van der Waals surface area (Å²) in [4.78, 5) is 21.2. The van der Waals surface area contributed by atoms with Gasteiger partial charge in [0.05, 0.1) is 4.92 Å². The lowest BCUT2D eigenvalue weighted by atomic mass is 9.87. The number of nitro groups is 1. The standard InChI is InChI=1S/C14H17FN2O4/c1-8-3-2-4-9(5-8)16-12-7-11(15)10(14(18)19)6-13(12)17(20)21/h6-9,16H,2-5H2,1H3,(H,18,19). The molecule has 0 bridgehead atoms. The zero-order chi connectivity index (χ0) is 15.6. The number of rotatable bonds is 4. The molecule has 1 saturated carbocycles. The molecule has 0 amide bonds. The number of benzene rings is 1. The second-order valence-electron chi connectivity index (χ2n) is 5.52. The summed E-state index contributed by atoms with van der Waals surface area (Å²) in [7, 11) is 0. The minimum absolute atomic E-state index is 0.0431. The number of hydrogen-bond donors (Lipinski definition) is 2. The highest BCUT2D eigenvalue weighted by Crippen LogP contribution is 2.32. The number of nitro benzene ring substituents is 1. The molecule has 1 aliphatic rings. The lowest BCUT2D eigenvalue weighted by Gasteiger charge is -2.28. The van der Waals surface area contributed by atoms with Crippen molar-refractivity contribution in [1.29, 1.82) is 0 Å². The third kappa shape index (κ3) is 3.48. The highest BCUT2D eigenvalue weighted by Gasteiger charge is 2.25. The fraction of sp³-hybridized carbons (Fsp3) is 0.500. The van der Waals surface area contributed by atoms with E-state index in [4.69, 9.17) is 5.11 Å². The predicted molar refractivity (Wildman–Crippen MR) is 75.1 cm³/mol. The Bertz CT molecular complexity index is 576. The van der Waals surface area contributed by atoms with E-state index >= 15 is 0 Å². The Labute approximate surface area is 121 Å². The van der Waals surface area contributed by atoms with Gasteiger partial charge < -0.3 is 10.4 Å². The van der Waals surface area contributed by atoms with Crippen LogP contribution < -0.4 is 5.32 Å². The monoisotopic (exact) mass is 296 g/mol. The number of nitrogens with zero attached hydrogens (tertiary/aromatic N) is 1. The van der Waals surface area contributed by atoms with Crippen molar-refractivity contribution in [2.75, 3.05) is 5.32 Å². The van der Waals surface area contributed by atoms with Gasteiger partial charge in [-0.1, -0.05) is 19.8 Å². The molecule has 6 nitrogen and oxygen atoms in total. The first kappa shape index (κ1) is 15.2. The molecule has 2 atom stereocenters. The third-order valence-electron chi connectivity index (χ3n) is 3.81. The highest BCUT2D eigenvalue weighted by atomic mass is 19.1. The first-order chi connectivity index (χ1) is 9.88. The molecule has 0 saturated heterocycles. The van der Waals surface area contributed by atoms with Gasteiger partial charge in [0, 0.05) is 18.2 Å². The van der Waals surface area contributed by atoms with Crippen LogP contribution in [-0.4, -0.2) is 22.0 Å². The zero-order valence-electron chi connectivity index (χ0n) is 11.6. The second-order valence-corrected chi connectivity index (χ2v) is 5.52. The molecule has 0 aromatic heterocycles. The fourth-order valence-electron chi connectivity index (χ4n) is 2.78. The van der Waals surface area contributed by atoms with Crippen LogP contribution in [0.5, 0.6) is 0 Å². The minimum Gasteiger partial charge on any atom is -0.478 e. The topological polar surface area (TPSA) is 92.5 Å². The molecule has 1 aromatic carbocycles. The number of anilines is 1. The van der Waals surface area contributed by atoms with Crippen molar-refractivity contribution in [2.45, 2.75) is 38.6 Å². The summed E-state index contributed by atoms with van der Waals surface area (Å²) in [6.07, 6.45) is 3.86. The first-order valence-corrected chi connectivity index (χ1v) is 6.86. The summed E-state index contributed by atoms with van der Waals surface area (Å²) < 4.78 is 13.7. The molecule has 1 fully saturated rings. The maximum atomic E-state index is 13.7. The lowest BCUT2D eigenvalue weighted by molar-refractivity contribution is -0.384. The molecule has 1 aromatic rings. The van der Waals surface area contributed by atoms with Crippen LogP contribution in [0.15, 0.2) is 12.1 Å². The van der Waals surface area contributed by atoms with Crippen LogP contribution in [0, 0.1) is 21.8 Å². The van der Waals surface area contributed by atoms with Crippen LogP contribution in [0.4, 0.5) is 15.8 Å². The fourth-order valence-corrected chi connectivity index (χ4v) is 2.78. The third-order valence-corrected chi connectivity index (χ3v) is 3.81. The van der Waals surface area contributed by atoms with Crippen LogP contribution in [-0.2, 0) is 0 Å². The Morgan fingerprint density at radius 2 is 2.19 bits per heavy atom. The van der Waals surface area contributed by atoms with Crippen molar-refractivity contribution in [1.82, 2.24) is 0 Å². The van der Waals surface area contributed by atoms with E-state index in [1.807, 2.05) is 0 Å². The van der Waals surface area contributed by atoms with Gasteiger partial charge in [-0.05, 0) is 18.8 Å². The van der Waals surface area contributed by atoms with Crippen molar-refractivity contribution in [3.8, 4) is 0 Å². The number of aromatic carboxylic acids is 1. The Morgan fingerprint density at radius 3 is 2.76 bits per heavy atom. The molecular weight excluding hydrogens is 279 g/mol. The smallest absolute Gasteiger partial charge is 0.338 e. The van der Waals surface area contributed by atoms with E-state index < -0.39 is 28.0 Å². The molecule has 2 N–H and O–H groups in total. The van der Waals surface area contributed by atoms with Crippen molar-refractivity contribution in [2.24, 2.45) is 5.92 Å². The van der Waals surface area contributed by atoms with E-state index in [1.54, 1.807) is 0 Å². The maximum Gasteiger partial charge on any atom is 0.338 e. The van der Waals surface area contributed by atoms with Crippen molar-refractivity contribution >= 4 is 17.3 Å². The largest absolute Gasteiger partial charge is 0.478 e. The molecule has 0 heterocycles. The van der Waals surface area contributed by atoms with E-state index in [0.717, 1.165) is 37.8 Å². The quantitative estimate of drug-likeness (QED) is 0.656. The summed E-state index contributed by atoms with van der Waals surface area (Å²) in [6, 6.07) is 1.72. The zero-order valence-corrected chi connectivity index (χ0v) is 11.6. The van der Waals surface area contributed by atoms with E-state index in [1.165, 1.54) is 0 Å². The Morgan fingerprint density at radius 1 is 1.48 bits per heavy atom. The summed E-state index contributed by atoms with van der Waals surface area (Å²) in [5.74, 6) is -1.98. The lowest BCUT2D eigenvalue weighted by Crippen LogP contribution is -2.26. The van der Waals surface area contributed by atoms with E-state index in [-0.39, 0.29) is 11.7 Å². The number of nitrogens with one attached hydrogen (secondary N) is 1. The molecule has 114 valence electrons. The van der Waals surface area contributed by atoms with Gasteiger partial charge in [-0.25, -0.2) is 9.18 Å². The van der Waals surface area contributed by atoms with Crippen molar-refractivity contribution < 1.29 is 19.2 Å². The number of halogens is 1. The van der Waals surface area contributed by atoms with Gasteiger partial charge in [-0.3, -0.25) is 10.1 Å². The van der Waals surface area contributed by atoms with Crippen LogP contribution >= 0.6 is 0 Å². The molecule has 1 aliphatic carbocycles. The Kier molecular flexibility index (Phi) is 4.40. The molecule has 7 heteroatoms. The van der Waals surface area contributed by atoms with Crippen LogP contribution in [0.2, 0.25) is 0 Å². The average molecular weight is 296 g/mol. The minimum atomic E-state index is -1.52. The van der Waals surface area contributed by atoms with Crippen LogP contribution in [0.3, 0.4) is 0 Å². The number of carbonyl (C=O) groups is 1. The van der Waals surface area contributed by atoms with Gasteiger partial charge in [-0.15, -0.1) is 0 Å². The molecular formula is C14H17FN2O4. The molecule has 2 rings (SSSR count). The predicted octanol–water partition coefficient (Wildman–Crippen LogP) is 3.42. The van der Waals surface area contributed by atoms with Gasteiger partial charge in [0.15, 0.2) is 0 Å².